The number of pyridine rings is 1. The second-order valence-corrected chi connectivity index (χ2v) is 8.60. The number of hydrogen-bond donors (Lipinski definition) is 3. The normalized spacial score (nSPS) is 17.7. The van der Waals surface area contributed by atoms with Gasteiger partial charge in [0.2, 0.25) is 0 Å². The number of allylic oxidation sites excluding steroid dienone is 1. The summed E-state index contributed by atoms with van der Waals surface area (Å²) in [6.07, 6.45) is 6.93. The topological polar surface area (TPSA) is 146 Å². The Bertz CT molecular complexity index is 1470. The first-order valence-electron chi connectivity index (χ1n) is 11.4. The van der Waals surface area contributed by atoms with E-state index in [2.05, 4.69) is 20.6 Å². The number of nitrogens with zero attached hydrogens (tertiary/aromatic N) is 3. The maximum Gasteiger partial charge on any atom is 0.322 e. The van der Waals surface area contributed by atoms with Crippen LogP contribution in [-0.2, 0) is 17.8 Å². The molecule has 0 bridgehead atoms. The van der Waals surface area contributed by atoms with Gasteiger partial charge in [-0.1, -0.05) is 12.1 Å². The van der Waals surface area contributed by atoms with E-state index in [1.54, 1.807) is 49.7 Å². The number of hydrogen-bond acceptors (Lipinski definition) is 8. The van der Waals surface area contributed by atoms with Crippen molar-refractivity contribution in [2.24, 2.45) is 4.99 Å². The standard InChI is InChI=1S/C16H12N4O4.C10H11NO2/c21-10-3-9(5-17-6-10)11-2-1-8-4-12(24-13(8)7-18-11)14-15(22)20-16(23)19-14;1-11-6-7-3-4-8(13-2)5-9(7)10(11)12/h2-7,14,21H,1H2,(H2,19,20,22,23);3-5H,6H2,1-2H3. The summed E-state index contributed by atoms with van der Waals surface area (Å²) in [6, 6.07) is 7.56. The Labute approximate surface area is 211 Å². The van der Waals surface area contributed by atoms with Crippen molar-refractivity contribution < 1.29 is 28.6 Å². The molecule has 3 aromatic rings. The number of aromatic hydroxyl groups is 1. The number of fused-ring (bicyclic) bond motifs is 2. The van der Waals surface area contributed by atoms with Crippen molar-refractivity contribution in [3.8, 4) is 11.5 Å². The van der Waals surface area contributed by atoms with E-state index in [1.165, 1.54) is 6.20 Å². The van der Waals surface area contributed by atoms with Crippen molar-refractivity contribution in [1.29, 1.82) is 0 Å². The lowest BCUT2D eigenvalue weighted by Gasteiger charge is -2.04. The summed E-state index contributed by atoms with van der Waals surface area (Å²) in [5, 5.41) is 14.2. The monoisotopic (exact) mass is 501 g/mol. The molecule has 11 heteroatoms. The second-order valence-electron chi connectivity index (χ2n) is 8.60. The quantitative estimate of drug-likeness (QED) is 0.468. The molecule has 5 heterocycles. The first-order valence-corrected chi connectivity index (χ1v) is 11.4. The third-order valence-corrected chi connectivity index (χ3v) is 6.08. The fraction of sp³-hybridized carbons (Fsp3) is 0.192. The van der Waals surface area contributed by atoms with Crippen molar-refractivity contribution in [2.45, 2.75) is 19.0 Å². The van der Waals surface area contributed by atoms with Gasteiger partial charge >= 0.3 is 6.03 Å². The molecule has 1 fully saturated rings. The number of carbonyl (C=O) groups excluding carboxylic acids is 3. The van der Waals surface area contributed by atoms with Gasteiger partial charge in [-0.05, 0) is 36.2 Å². The molecule has 6 rings (SSSR count). The molecule has 37 heavy (non-hydrogen) atoms. The summed E-state index contributed by atoms with van der Waals surface area (Å²) in [4.78, 5) is 44.4. The number of urea groups is 1. The number of aromatic nitrogens is 1. The van der Waals surface area contributed by atoms with Crippen LogP contribution in [-0.4, -0.2) is 53.2 Å². The number of methoxy groups -OCH3 is 1. The molecule has 0 spiro atoms. The van der Waals surface area contributed by atoms with Crippen molar-refractivity contribution in [3.63, 3.8) is 0 Å². The Balaban J connectivity index is 0.000000182. The molecular formula is C26H23N5O6. The van der Waals surface area contributed by atoms with Gasteiger partial charge in [0, 0.05) is 36.5 Å². The molecule has 1 saturated heterocycles. The minimum atomic E-state index is -0.823. The van der Waals surface area contributed by atoms with Crippen LogP contribution in [0.15, 0.2) is 58.2 Å². The van der Waals surface area contributed by atoms with Gasteiger partial charge in [0.15, 0.2) is 6.04 Å². The van der Waals surface area contributed by atoms with Crippen LogP contribution in [0.4, 0.5) is 4.79 Å². The maximum absolute atomic E-state index is 11.7. The van der Waals surface area contributed by atoms with Crippen LogP contribution in [0, 0.1) is 0 Å². The zero-order valence-electron chi connectivity index (χ0n) is 20.0. The molecule has 188 valence electrons. The number of furan rings is 1. The molecule has 0 radical (unpaired) electrons. The molecule has 2 aromatic heterocycles. The van der Waals surface area contributed by atoms with E-state index in [1.807, 2.05) is 18.2 Å². The molecule has 3 aliphatic heterocycles. The lowest BCUT2D eigenvalue weighted by Crippen LogP contribution is -2.22. The van der Waals surface area contributed by atoms with E-state index < -0.39 is 18.0 Å². The number of carbonyl (C=O) groups is 3. The van der Waals surface area contributed by atoms with Crippen LogP contribution < -0.4 is 15.4 Å². The Morgan fingerprint density at radius 2 is 1.97 bits per heavy atom. The van der Waals surface area contributed by atoms with Crippen LogP contribution in [0.2, 0.25) is 0 Å². The summed E-state index contributed by atoms with van der Waals surface area (Å²) in [5.41, 5.74) is 4.05. The first-order chi connectivity index (χ1) is 17.8. The molecular weight excluding hydrogens is 478 g/mol. The van der Waals surface area contributed by atoms with Gasteiger partial charge in [-0.25, -0.2) is 4.79 Å². The summed E-state index contributed by atoms with van der Waals surface area (Å²) >= 11 is 0. The zero-order valence-corrected chi connectivity index (χ0v) is 20.0. The summed E-state index contributed by atoms with van der Waals surface area (Å²) in [6.45, 7) is 0.707. The lowest BCUT2D eigenvalue weighted by molar-refractivity contribution is -0.120. The molecule has 1 atom stereocenters. The number of imide groups is 1. The van der Waals surface area contributed by atoms with Crippen LogP contribution in [0.1, 0.15) is 44.6 Å². The zero-order chi connectivity index (χ0) is 26.1. The van der Waals surface area contributed by atoms with E-state index in [0.29, 0.717) is 35.7 Å². The van der Waals surface area contributed by atoms with Crippen LogP contribution >= 0.6 is 0 Å². The largest absolute Gasteiger partial charge is 0.506 e. The summed E-state index contributed by atoms with van der Waals surface area (Å²) in [7, 11) is 3.40. The molecule has 1 unspecified atom stereocenters. The van der Waals surface area contributed by atoms with Gasteiger partial charge < -0.3 is 24.5 Å². The first kappa shape index (κ1) is 23.8. The molecule has 0 saturated carbocycles. The van der Waals surface area contributed by atoms with E-state index in [9.17, 15) is 19.5 Å². The van der Waals surface area contributed by atoms with Gasteiger partial charge in [-0.3, -0.25) is 24.9 Å². The Morgan fingerprint density at radius 3 is 2.70 bits per heavy atom. The van der Waals surface area contributed by atoms with Crippen molar-refractivity contribution in [3.05, 3.63) is 82.6 Å². The average Bonchev–Trinajstić information content (AvgIpc) is 3.49. The van der Waals surface area contributed by atoms with Gasteiger partial charge in [-0.2, -0.15) is 0 Å². The lowest BCUT2D eigenvalue weighted by atomic mass is 10.1. The summed E-state index contributed by atoms with van der Waals surface area (Å²) in [5.74, 6) is 1.33. The van der Waals surface area contributed by atoms with Gasteiger partial charge in [0.05, 0.1) is 25.2 Å². The van der Waals surface area contributed by atoms with E-state index >= 15 is 0 Å². The molecule has 0 aliphatic carbocycles. The smallest absolute Gasteiger partial charge is 0.322 e. The van der Waals surface area contributed by atoms with Gasteiger partial charge in [0.25, 0.3) is 11.8 Å². The highest BCUT2D eigenvalue weighted by Crippen LogP contribution is 2.28. The number of aliphatic imine (C=N–C) groups is 1. The van der Waals surface area contributed by atoms with Crippen LogP contribution in [0.25, 0.3) is 5.70 Å². The molecule has 3 N–H and O–H groups in total. The molecule has 1 aromatic carbocycles. The third kappa shape index (κ3) is 4.79. The number of benzene rings is 1. The van der Waals surface area contributed by atoms with Crippen molar-refractivity contribution in [1.82, 2.24) is 20.5 Å². The van der Waals surface area contributed by atoms with Gasteiger partial charge in [0.1, 0.15) is 23.0 Å². The van der Waals surface area contributed by atoms with Crippen LogP contribution in [0.5, 0.6) is 11.5 Å². The third-order valence-electron chi connectivity index (χ3n) is 6.08. The SMILES string of the molecule is COc1ccc2c(c1)C(=O)N(C)C2.O=C1NC(=O)C(c2cc3c(o2)C=NC(c2cncc(O)c2)=CC3)N1. The highest BCUT2D eigenvalue weighted by Gasteiger charge is 2.34. The number of rotatable bonds is 3. The second kappa shape index (κ2) is 9.61. The number of ether oxygens (including phenoxy) is 1. The van der Waals surface area contributed by atoms with Gasteiger partial charge in [-0.15, -0.1) is 0 Å². The minimum absolute atomic E-state index is 0.0646. The Kier molecular flexibility index (Phi) is 6.18. The number of amides is 4. The summed E-state index contributed by atoms with van der Waals surface area (Å²) < 4.78 is 10.7. The van der Waals surface area contributed by atoms with Crippen molar-refractivity contribution in [2.75, 3.05) is 14.2 Å². The molecule has 11 nitrogen and oxygen atoms in total. The highest BCUT2D eigenvalue weighted by atomic mass is 16.5. The van der Waals surface area contributed by atoms with E-state index in [4.69, 9.17) is 9.15 Å². The molecule has 3 aliphatic rings. The Morgan fingerprint density at radius 1 is 1.14 bits per heavy atom. The average molecular weight is 501 g/mol. The fourth-order valence-corrected chi connectivity index (χ4v) is 4.19. The number of nitrogens with one attached hydrogen (secondary N) is 2. The van der Waals surface area contributed by atoms with E-state index in [-0.39, 0.29) is 11.7 Å². The molecule has 4 amide bonds. The predicted octanol–water partition coefficient (Wildman–Crippen LogP) is 2.56. The van der Waals surface area contributed by atoms with Crippen molar-refractivity contribution >= 4 is 29.8 Å². The minimum Gasteiger partial charge on any atom is -0.506 e. The predicted molar refractivity (Wildman–Crippen MR) is 132 cm³/mol. The maximum atomic E-state index is 11.7. The van der Waals surface area contributed by atoms with Crippen LogP contribution in [0.3, 0.4) is 0 Å². The fourth-order valence-electron chi connectivity index (χ4n) is 4.19. The highest BCUT2D eigenvalue weighted by molar-refractivity contribution is 6.04. The Hall–Kier alpha value is -4.93. The van der Waals surface area contributed by atoms with E-state index in [0.717, 1.165) is 22.4 Å².